The van der Waals surface area contributed by atoms with Crippen molar-refractivity contribution in [3.8, 4) is 0 Å². The van der Waals surface area contributed by atoms with Gasteiger partial charge in [0.15, 0.2) is 0 Å². The van der Waals surface area contributed by atoms with Gasteiger partial charge < -0.3 is 0 Å². The quantitative estimate of drug-likeness (QED) is 0.382. The Hall–Kier alpha value is -2.15. The number of benzene rings is 2. The van der Waals surface area contributed by atoms with Crippen LogP contribution in [0.4, 0.5) is 5.69 Å². The van der Waals surface area contributed by atoms with Gasteiger partial charge in [0, 0.05) is 11.6 Å². The zero-order valence-corrected chi connectivity index (χ0v) is 16.3. The summed E-state index contributed by atoms with van der Waals surface area (Å²) in [5.41, 5.74) is 4.77. The van der Waals surface area contributed by atoms with Crippen LogP contribution in [-0.4, -0.2) is 6.21 Å². The first-order chi connectivity index (χ1) is 11.8. The standard InChI is InChI=1S/C24H31N/c1-7-23(4,5)21-15-11-12-16-22(21)25-18-24(6,17-19(2)3)20-13-9-8-10-14-20/h8-16,18H,2,7,17H2,1,3-6H3. The van der Waals surface area contributed by atoms with Crippen molar-refractivity contribution in [2.24, 2.45) is 4.99 Å². The van der Waals surface area contributed by atoms with E-state index in [0.29, 0.717) is 0 Å². The van der Waals surface area contributed by atoms with Gasteiger partial charge in [0.2, 0.25) is 0 Å². The van der Waals surface area contributed by atoms with E-state index >= 15 is 0 Å². The minimum Gasteiger partial charge on any atom is -0.260 e. The maximum Gasteiger partial charge on any atom is 0.0663 e. The fraction of sp³-hybridized carbons (Fsp3) is 0.375. The smallest absolute Gasteiger partial charge is 0.0663 e. The molecule has 0 amide bonds. The maximum atomic E-state index is 4.96. The van der Waals surface area contributed by atoms with E-state index in [-0.39, 0.29) is 10.8 Å². The molecule has 0 bridgehead atoms. The number of hydrogen-bond acceptors (Lipinski definition) is 1. The zero-order chi connectivity index (χ0) is 18.5. The molecule has 0 spiro atoms. The summed E-state index contributed by atoms with van der Waals surface area (Å²) >= 11 is 0. The van der Waals surface area contributed by atoms with Crippen molar-refractivity contribution in [3.05, 3.63) is 77.9 Å². The molecule has 0 aliphatic rings. The highest BCUT2D eigenvalue weighted by atomic mass is 14.7. The van der Waals surface area contributed by atoms with Crippen LogP contribution in [0.1, 0.15) is 58.6 Å². The third-order valence-electron chi connectivity index (χ3n) is 5.11. The van der Waals surface area contributed by atoms with Gasteiger partial charge in [0.1, 0.15) is 0 Å². The predicted octanol–water partition coefficient (Wildman–Crippen LogP) is 7.00. The largest absolute Gasteiger partial charge is 0.260 e. The highest BCUT2D eigenvalue weighted by Gasteiger charge is 2.25. The number of aliphatic imine (C=N–C) groups is 1. The molecule has 25 heavy (non-hydrogen) atoms. The first-order valence-corrected chi connectivity index (χ1v) is 9.13. The molecule has 2 rings (SSSR count). The van der Waals surface area contributed by atoms with Crippen LogP contribution in [0.3, 0.4) is 0 Å². The molecule has 0 saturated heterocycles. The summed E-state index contributed by atoms with van der Waals surface area (Å²) in [7, 11) is 0. The molecular weight excluding hydrogens is 302 g/mol. The second kappa shape index (κ2) is 7.82. The monoisotopic (exact) mass is 333 g/mol. The van der Waals surface area contributed by atoms with Gasteiger partial charge in [-0.1, -0.05) is 81.8 Å². The molecule has 2 aromatic rings. The average molecular weight is 334 g/mol. The lowest BCUT2D eigenvalue weighted by atomic mass is 9.78. The minimum absolute atomic E-state index is 0.117. The molecule has 1 atom stereocenters. The molecular formula is C24H31N. The van der Waals surface area contributed by atoms with E-state index in [1.165, 1.54) is 16.7 Å². The van der Waals surface area contributed by atoms with Crippen molar-refractivity contribution in [1.82, 2.24) is 0 Å². The van der Waals surface area contributed by atoms with E-state index in [9.17, 15) is 0 Å². The van der Waals surface area contributed by atoms with Crippen LogP contribution in [0.15, 0.2) is 71.7 Å². The van der Waals surface area contributed by atoms with Gasteiger partial charge >= 0.3 is 0 Å². The van der Waals surface area contributed by atoms with E-state index < -0.39 is 0 Å². The Bertz CT molecular complexity index is 740. The van der Waals surface area contributed by atoms with E-state index in [1.54, 1.807) is 0 Å². The molecule has 1 nitrogen and oxygen atoms in total. The lowest BCUT2D eigenvalue weighted by Gasteiger charge is -2.28. The van der Waals surface area contributed by atoms with Crippen LogP contribution in [0, 0.1) is 0 Å². The first-order valence-electron chi connectivity index (χ1n) is 9.13. The summed E-state index contributed by atoms with van der Waals surface area (Å²) < 4.78 is 0. The SMILES string of the molecule is C=C(C)CC(C)(C=Nc1ccccc1C(C)(C)CC)c1ccccc1. The third-order valence-corrected chi connectivity index (χ3v) is 5.11. The number of para-hydroxylation sites is 1. The third kappa shape index (κ3) is 4.69. The Morgan fingerprint density at radius 2 is 1.60 bits per heavy atom. The van der Waals surface area contributed by atoms with E-state index in [1.807, 2.05) is 0 Å². The molecule has 0 aliphatic heterocycles. The Morgan fingerprint density at radius 1 is 1.00 bits per heavy atom. The van der Waals surface area contributed by atoms with Crippen LogP contribution in [-0.2, 0) is 10.8 Å². The molecule has 0 N–H and O–H groups in total. The van der Waals surface area contributed by atoms with Gasteiger partial charge in [-0.3, -0.25) is 4.99 Å². The van der Waals surface area contributed by atoms with Crippen molar-refractivity contribution in [1.29, 1.82) is 0 Å². The highest BCUT2D eigenvalue weighted by Crippen LogP contribution is 2.35. The van der Waals surface area contributed by atoms with Gasteiger partial charge in [0.05, 0.1) is 5.69 Å². The Balaban J connectivity index is 2.46. The Morgan fingerprint density at radius 3 is 2.20 bits per heavy atom. The van der Waals surface area contributed by atoms with Gasteiger partial charge in [0.25, 0.3) is 0 Å². The van der Waals surface area contributed by atoms with Crippen molar-refractivity contribution in [3.63, 3.8) is 0 Å². The molecule has 0 saturated carbocycles. The number of nitrogens with zero attached hydrogens (tertiary/aromatic N) is 1. The summed E-state index contributed by atoms with van der Waals surface area (Å²) in [6, 6.07) is 19.1. The number of allylic oxidation sites excluding steroid dienone is 1. The van der Waals surface area contributed by atoms with Crippen molar-refractivity contribution >= 4 is 11.9 Å². The fourth-order valence-electron chi connectivity index (χ4n) is 3.23. The van der Waals surface area contributed by atoms with Crippen molar-refractivity contribution in [2.45, 2.75) is 58.3 Å². The predicted molar refractivity (Wildman–Crippen MR) is 111 cm³/mol. The second-order valence-corrected chi connectivity index (χ2v) is 7.93. The van der Waals surface area contributed by atoms with E-state index in [4.69, 9.17) is 4.99 Å². The number of hydrogen-bond donors (Lipinski definition) is 0. The average Bonchev–Trinajstić information content (AvgIpc) is 2.60. The van der Waals surface area contributed by atoms with Crippen molar-refractivity contribution in [2.75, 3.05) is 0 Å². The normalized spacial score (nSPS) is 14.4. The molecule has 0 fully saturated rings. The Kier molecular flexibility index (Phi) is 6.00. The lowest BCUT2D eigenvalue weighted by molar-refractivity contribution is 0.507. The van der Waals surface area contributed by atoms with Crippen LogP contribution < -0.4 is 0 Å². The lowest BCUT2D eigenvalue weighted by Crippen LogP contribution is -2.24. The van der Waals surface area contributed by atoms with Gasteiger partial charge in [-0.2, -0.15) is 0 Å². The zero-order valence-electron chi connectivity index (χ0n) is 16.3. The van der Waals surface area contributed by atoms with Crippen LogP contribution in [0.2, 0.25) is 0 Å². The topological polar surface area (TPSA) is 12.4 Å². The molecule has 132 valence electrons. The second-order valence-electron chi connectivity index (χ2n) is 7.93. The minimum atomic E-state index is -0.156. The molecule has 0 heterocycles. The summed E-state index contributed by atoms with van der Waals surface area (Å²) in [6.07, 6.45) is 4.09. The van der Waals surface area contributed by atoms with Gasteiger partial charge in [-0.15, -0.1) is 6.58 Å². The molecule has 0 aliphatic carbocycles. The maximum absolute atomic E-state index is 4.96. The molecule has 1 unspecified atom stereocenters. The van der Waals surface area contributed by atoms with E-state index in [0.717, 1.165) is 18.5 Å². The fourth-order valence-corrected chi connectivity index (χ4v) is 3.23. The Labute approximate surface area is 153 Å². The van der Waals surface area contributed by atoms with Crippen LogP contribution >= 0.6 is 0 Å². The molecule has 0 aromatic heterocycles. The van der Waals surface area contributed by atoms with Gasteiger partial charge in [-0.05, 0) is 42.4 Å². The first kappa shape index (κ1) is 19.2. The van der Waals surface area contributed by atoms with Crippen LogP contribution in [0.5, 0.6) is 0 Å². The highest BCUT2D eigenvalue weighted by molar-refractivity contribution is 5.77. The van der Waals surface area contributed by atoms with E-state index in [2.05, 4.69) is 102 Å². The summed E-state index contributed by atoms with van der Waals surface area (Å²) in [4.78, 5) is 4.96. The number of rotatable bonds is 7. The molecule has 0 radical (unpaired) electrons. The molecule has 1 heteroatoms. The van der Waals surface area contributed by atoms with Gasteiger partial charge in [-0.25, -0.2) is 0 Å². The summed E-state index contributed by atoms with van der Waals surface area (Å²) in [5.74, 6) is 0. The van der Waals surface area contributed by atoms with Crippen molar-refractivity contribution < 1.29 is 0 Å². The summed E-state index contributed by atoms with van der Waals surface area (Å²) in [6.45, 7) is 15.3. The van der Waals surface area contributed by atoms with Crippen LogP contribution in [0.25, 0.3) is 0 Å². The molecule has 2 aromatic carbocycles. The summed E-state index contributed by atoms with van der Waals surface area (Å²) in [5, 5.41) is 0.